The van der Waals surface area contributed by atoms with E-state index in [2.05, 4.69) is 37.7 Å². The lowest BCUT2D eigenvalue weighted by Gasteiger charge is -2.23. The normalized spacial score (nSPS) is 19.8. The first-order valence-electron chi connectivity index (χ1n) is 8.60. The van der Waals surface area contributed by atoms with E-state index in [1.807, 2.05) is 29.3 Å². The van der Waals surface area contributed by atoms with Crippen molar-refractivity contribution in [1.82, 2.24) is 19.6 Å². The summed E-state index contributed by atoms with van der Waals surface area (Å²) in [7, 11) is 0. The predicted molar refractivity (Wildman–Crippen MR) is 95.1 cm³/mol. The Hall–Kier alpha value is -1.18. The molecule has 0 spiro atoms. The van der Waals surface area contributed by atoms with Crippen LogP contribution in [0.1, 0.15) is 43.5 Å². The zero-order valence-electron chi connectivity index (χ0n) is 14.1. The summed E-state index contributed by atoms with van der Waals surface area (Å²) in [5.74, 6) is 0. The van der Waals surface area contributed by atoms with Crippen molar-refractivity contribution in [2.24, 2.45) is 0 Å². The van der Waals surface area contributed by atoms with Crippen molar-refractivity contribution in [3.63, 3.8) is 0 Å². The van der Waals surface area contributed by atoms with Gasteiger partial charge in [-0.15, -0.1) is 0 Å². The van der Waals surface area contributed by atoms with E-state index in [1.165, 1.54) is 5.69 Å². The summed E-state index contributed by atoms with van der Waals surface area (Å²) in [6, 6.07) is 3.06. The minimum absolute atomic E-state index is 0.528. The molecule has 4 rings (SSSR count). The molecule has 2 aromatic rings. The van der Waals surface area contributed by atoms with E-state index in [0.717, 1.165) is 56.6 Å². The minimum atomic E-state index is 0.528. The van der Waals surface area contributed by atoms with Crippen LogP contribution < -0.4 is 0 Å². The number of nitrogens with zero attached hydrogens (tertiary/aromatic N) is 4. The number of aromatic nitrogens is 4. The van der Waals surface area contributed by atoms with E-state index in [-0.39, 0.29) is 0 Å². The number of ether oxygens (including phenoxy) is 2. The second-order valence-electron chi connectivity index (χ2n) is 6.20. The van der Waals surface area contributed by atoms with Crippen LogP contribution in [-0.2, 0) is 9.47 Å². The Balaban J connectivity index is 0.000000143. The first-order valence-corrected chi connectivity index (χ1v) is 9.39. The summed E-state index contributed by atoms with van der Waals surface area (Å²) in [6.07, 6.45) is 10.1. The predicted octanol–water partition coefficient (Wildman–Crippen LogP) is 3.54. The molecule has 0 saturated carbocycles. The summed E-state index contributed by atoms with van der Waals surface area (Å²) in [6.45, 7) is 5.57. The molecular formula is C17H25BrN4O2. The largest absolute Gasteiger partial charge is 0.381 e. The van der Waals surface area contributed by atoms with E-state index >= 15 is 0 Å². The van der Waals surface area contributed by atoms with Crippen molar-refractivity contribution in [2.45, 2.75) is 44.7 Å². The van der Waals surface area contributed by atoms with Gasteiger partial charge in [-0.3, -0.25) is 9.36 Å². The van der Waals surface area contributed by atoms with Gasteiger partial charge in [-0.1, -0.05) is 0 Å². The molecule has 0 bridgehead atoms. The van der Waals surface area contributed by atoms with Crippen LogP contribution in [0.15, 0.2) is 29.1 Å². The average Bonchev–Trinajstić information content (AvgIpc) is 3.28. The molecule has 0 aromatic carbocycles. The summed E-state index contributed by atoms with van der Waals surface area (Å²) >= 11 is 3.47. The Bertz CT molecular complexity index is 602. The highest BCUT2D eigenvalue weighted by atomic mass is 79.9. The number of rotatable bonds is 2. The molecule has 0 amide bonds. The zero-order chi connectivity index (χ0) is 16.8. The fraction of sp³-hybridized carbons (Fsp3) is 0.647. The molecule has 6 nitrogen and oxygen atoms in total. The van der Waals surface area contributed by atoms with Gasteiger partial charge in [0.2, 0.25) is 0 Å². The fourth-order valence-electron chi connectivity index (χ4n) is 3.15. The van der Waals surface area contributed by atoms with Crippen molar-refractivity contribution in [3.05, 3.63) is 34.8 Å². The summed E-state index contributed by atoms with van der Waals surface area (Å²) < 4.78 is 15.8. The van der Waals surface area contributed by atoms with E-state index in [1.54, 1.807) is 0 Å². The van der Waals surface area contributed by atoms with Gasteiger partial charge in [-0.2, -0.15) is 10.2 Å². The SMILES string of the molecule is Cc1c(Br)cnn1C1CCOCC1.c1cnn(C2CCOCC2)c1. The van der Waals surface area contributed by atoms with Crippen molar-refractivity contribution >= 4 is 15.9 Å². The van der Waals surface area contributed by atoms with Crippen molar-refractivity contribution in [3.8, 4) is 0 Å². The molecule has 2 aromatic heterocycles. The molecule has 24 heavy (non-hydrogen) atoms. The van der Waals surface area contributed by atoms with Gasteiger partial charge in [0.05, 0.1) is 22.8 Å². The second-order valence-corrected chi connectivity index (χ2v) is 7.05. The van der Waals surface area contributed by atoms with Crippen molar-refractivity contribution in [2.75, 3.05) is 26.4 Å². The molecule has 2 aliphatic rings. The lowest BCUT2D eigenvalue weighted by molar-refractivity contribution is 0.0656. The number of hydrogen-bond donors (Lipinski definition) is 0. The summed E-state index contributed by atoms with van der Waals surface area (Å²) in [4.78, 5) is 0. The highest BCUT2D eigenvalue weighted by Crippen LogP contribution is 2.25. The van der Waals surface area contributed by atoms with E-state index in [0.29, 0.717) is 12.1 Å². The molecule has 0 unspecified atom stereocenters. The molecule has 7 heteroatoms. The van der Waals surface area contributed by atoms with Crippen LogP contribution in [0.2, 0.25) is 0 Å². The molecule has 0 radical (unpaired) electrons. The van der Waals surface area contributed by atoms with Crippen LogP contribution in [0.25, 0.3) is 0 Å². The molecular weight excluding hydrogens is 372 g/mol. The molecule has 4 heterocycles. The van der Waals surface area contributed by atoms with E-state index in [9.17, 15) is 0 Å². The third-order valence-electron chi connectivity index (χ3n) is 4.61. The Kier molecular flexibility index (Phi) is 6.45. The number of halogens is 1. The van der Waals surface area contributed by atoms with Gasteiger partial charge in [0.15, 0.2) is 0 Å². The van der Waals surface area contributed by atoms with Gasteiger partial charge < -0.3 is 9.47 Å². The molecule has 2 fully saturated rings. The zero-order valence-corrected chi connectivity index (χ0v) is 15.7. The maximum Gasteiger partial charge on any atom is 0.0635 e. The average molecular weight is 397 g/mol. The maximum absolute atomic E-state index is 5.32. The Morgan fingerprint density at radius 3 is 2.12 bits per heavy atom. The van der Waals surface area contributed by atoms with Crippen LogP contribution in [0.3, 0.4) is 0 Å². The molecule has 0 atom stereocenters. The highest BCUT2D eigenvalue weighted by molar-refractivity contribution is 9.10. The highest BCUT2D eigenvalue weighted by Gasteiger charge is 2.18. The molecule has 0 N–H and O–H groups in total. The Morgan fingerprint density at radius 2 is 1.62 bits per heavy atom. The van der Waals surface area contributed by atoms with Gasteiger partial charge in [0.1, 0.15) is 0 Å². The first kappa shape index (κ1) is 17.6. The maximum atomic E-state index is 5.32. The first-order chi connectivity index (χ1) is 11.8. The second kappa shape index (κ2) is 8.78. The minimum Gasteiger partial charge on any atom is -0.381 e. The molecule has 132 valence electrons. The molecule has 0 aliphatic carbocycles. The van der Waals surface area contributed by atoms with Gasteiger partial charge in [0, 0.05) is 44.5 Å². The van der Waals surface area contributed by atoms with Crippen LogP contribution in [0.5, 0.6) is 0 Å². The van der Waals surface area contributed by atoms with Crippen molar-refractivity contribution < 1.29 is 9.47 Å². The lowest BCUT2D eigenvalue weighted by Crippen LogP contribution is -2.21. The van der Waals surface area contributed by atoms with Crippen molar-refractivity contribution in [1.29, 1.82) is 0 Å². The topological polar surface area (TPSA) is 54.1 Å². The van der Waals surface area contributed by atoms with Gasteiger partial charge >= 0.3 is 0 Å². The smallest absolute Gasteiger partial charge is 0.0635 e. The Morgan fingerprint density at radius 1 is 1.00 bits per heavy atom. The van der Waals surface area contributed by atoms with Gasteiger partial charge in [0.25, 0.3) is 0 Å². The van der Waals surface area contributed by atoms with Crippen LogP contribution in [0.4, 0.5) is 0 Å². The van der Waals surface area contributed by atoms with Crippen LogP contribution in [0, 0.1) is 6.92 Å². The Labute approximate surface area is 151 Å². The third-order valence-corrected chi connectivity index (χ3v) is 5.39. The standard InChI is InChI=1S/C9H13BrN2O.C8H12N2O/c1-7-9(10)6-11-12(7)8-2-4-13-5-3-8;1-4-9-10(5-1)8-2-6-11-7-3-8/h6,8H,2-5H2,1H3;1,4-5,8H,2-3,6-7H2. The van der Waals surface area contributed by atoms with E-state index < -0.39 is 0 Å². The number of hydrogen-bond acceptors (Lipinski definition) is 4. The van der Waals surface area contributed by atoms with Crippen LogP contribution in [-0.4, -0.2) is 46.0 Å². The fourth-order valence-corrected chi connectivity index (χ4v) is 3.42. The summed E-state index contributed by atoms with van der Waals surface area (Å²) in [5.41, 5.74) is 1.21. The molecule has 2 saturated heterocycles. The van der Waals surface area contributed by atoms with E-state index in [4.69, 9.17) is 9.47 Å². The lowest BCUT2D eigenvalue weighted by atomic mass is 10.1. The van der Waals surface area contributed by atoms with Gasteiger partial charge in [-0.05, 0) is 54.6 Å². The quantitative estimate of drug-likeness (QED) is 0.778. The van der Waals surface area contributed by atoms with Crippen LogP contribution >= 0.6 is 15.9 Å². The monoisotopic (exact) mass is 396 g/mol. The molecule has 2 aliphatic heterocycles. The third kappa shape index (κ3) is 4.46. The summed E-state index contributed by atoms with van der Waals surface area (Å²) in [5, 5.41) is 8.55. The van der Waals surface area contributed by atoms with Gasteiger partial charge in [-0.25, -0.2) is 0 Å².